The molecule has 0 amide bonds. The number of hydrogen-bond donors (Lipinski definition) is 0. The predicted molar refractivity (Wildman–Crippen MR) is 73.0 cm³/mol. The minimum absolute atomic E-state index is 0.790. The summed E-state index contributed by atoms with van der Waals surface area (Å²) in [7, 11) is 0. The number of aromatic nitrogens is 1. The minimum Gasteiger partial charge on any atom is -0.250 e. The van der Waals surface area contributed by atoms with E-state index in [9.17, 15) is 0 Å². The molecular weight excluding hydrogens is 306 g/mol. The molecule has 1 aromatic heterocycles. The minimum atomic E-state index is 0.790. The molecule has 0 radical (unpaired) electrons. The van der Waals surface area contributed by atoms with Gasteiger partial charge in [-0.2, -0.15) is 0 Å². The van der Waals surface area contributed by atoms with Crippen molar-refractivity contribution >= 4 is 39.3 Å². The molecule has 0 N–H and O–H groups in total. The average molecular weight is 315 g/mol. The van der Waals surface area contributed by atoms with Crippen LogP contribution in [0.1, 0.15) is 5.56 Å². The van der Waals surface area contributed by atoms with Crippen LogP contribution >= 0.6 is 39.3 Å². The van der Waals surface area contributed by atoms with Gasteiger partial charge in [0.2, 0.25) is 0 Å². The van der Waals surface area contributed by atoms with Crippen LogP contribution in [0.2, 0.25) is 5.02 Å². The first-order valence-corrected chi connectivity index (χ1v) is 6.89. The van der Waals surface area contributed by atoms with E-state index in [-0.39, 0.29) is 0 Å². The standard InChI is InChI=1S/C12H9BrClNS/c13-10-5-4-9(11(14)7-10)8-16-12-3-1-2-6-15-12/h1-7H,8H2. The van der Waals surface area contributed by atoms with Gasteiger partial charge in [0.25, 0.3) is 0 Å². The molecule has 2 aromatic rings. The van der Waals surface area contributed by atoms with Crippen LogP contribution in [-0.2, 0) is 5.75 Å². The fourth-order valence-corrected chi connectivity index (χ4v) is 2.91. The highest BCUT2D eigenvalue weighted by Crippen LogP contribution is 2.27. The van der Waals surface area contributed by atoms with Crippen molar-refractivity contribution < 1.29 is 0 Å². The molecule has 2 rings (SSSR count). The topological polar surface area (TPSA) is 12.9 Å². The molecule has 0 fully saturated rings. The number of rotatable bonds is 3. The van der Waals surface area contributed by atoms with Gasteiger partial charge in [0.1, 0.15) is 0 Å². The maximum atomic E-state index is 6.13. The zero-order valence-electron chi connectivity index (χ0n) is 8.36. The molecule has 4 heteroatoms. The summed E-state index contributed by atoms with van der Waals surface area (Å²) in [5.41, 5.74) is 1.13. The summed E-state index contributed by atoms with van der Waals surface area (Å²) in [4.78, 5) is 4.25. The van der Waals surface area contributed by atoms with Gasteiger partial charge in [-0.05, 0) is 29.8 Å². The lowest BCUT2D eigenvalue weighted by molar-refractivity contribution is 1.13. The van der Waals surface area contributed by atoms with Crippen molar-refractivity contribution in [3.63, 3.8) is 0 Å². The molecule has 1 heterocycles. The lowest BCUT2D eigenvalue weighted by atomic mass is 10.2. The molecule has 1 nitrogen and oxygen atoms in total. The van der Waals surface area contributed by atoms with Crippen LogP contribution in [0.3, 0.4) is 0 Å². The molecule has 0 bridgehead atoms. The summed E-state index contributed by atoms with van der Waals surface area (Å²) in [6.45, 7) is 0. The van der Waals surface area contributed by atoms with Gasteiger partial charge in [-0.15, -0.1) is 11.8 Å². The van der Waals surface area contributed by atoms with E-state index in [2.05, 4.69) is 20.9 Å². The van der Waals surface area contributed by atoms with Crippen LogP contribution in [-0.4, -0.2) is 4.98 Å². The van der Waals surface area contributed by atoms with Crippen LogP contribution in [0.4, 0.5) is 0 Å². The highest BCUT2D eigenvalue weighted by atomic mass is 79.9. The van der Waals surface area contributed by atoms with E-state index in [1.54, 1.807) is 18.0 Å². The molecule has 0 aliphatic rings. The molecule has 0 spiro atoms. The third-order valence-corrected chi connectivity index (χ3v) is 3.87. The van der Waals surface area contributed by atoms with Crippen molar-refractivity contribution in [1.29, 1.82) is 0 Å². The normalized spacial score (nSPS) is 10.4. The molecule has 1 aromatic carbocycles. The Kier molecular flexibility index (Phi) is 4.27. The van der Waals surface area contributed by atoms with Gasteiger partial charge in [-0.25, -0.2) is 4.98 Å². The molecule has 0 saturated carbocycles. The number of nitrogens with zero attached hydrogens (tertiary/aromatic N) is 1. The van der Waals surface area contributed by atoms with E-state index in [0.717, 1.165) is 25.8 Å². The number of halogens is 2. The van der Waals surface area contributed by atoms with Crippen molar-refractivity contribution in [2.45, 2.75) is 10.8 Å². The molecule has 82 valence electrons. The quantitative estimate of drug-likeness (QED) is 0.756. The molecule has 0 saturated heterocycles. The van der Waals surface area contributed by atoms with Crippen molar-refractivity contribution in [1.82, 2.24) is 4.98 Å². The Morgan fingerprint density at radius 3 is 2.81 bits per heavy atom. The maximum Gasteiger partial charge on any atom is 0.0963 e. The second kappa shape index (κ2) is 5.71. The van der Waals surface area contributed by atoms with Crippen LogP contribution in [0.5, 0.6) is 0 Å². The lowest BCUT2D eigenvalue weighted by Crippen LogP contribution is -1.84. The third-order valence-electron chi connectivity index (χ3n) is 2.03. The van der Waals surface area contributed by atoms with E-state index < -0.39 is 0 Å². The van der Waals surface area contributed by atoms with Gasteiger partial charge >= 0.3 is 0 Å². The largest absolute Gasteiger partial charge is 0.250 e. The second-order valence-corrected chi connectivity index (χ2v) is 5.51. The molecule has 0 aliphatic heterocycles. The maximum absolute atomic E-state index is 6.13. The van der Waals surface area contributed by atoms with Crippen LogP contribution in [0, 0.1) is 0 Å². The van der Waals surface area contributed by atoms with E-state index in [1.165, 1.54) is 0 Å². The molecule has 0 unspecified atom stereocenters. The summed E-state index contributed by atoms with van der Waals surface area (Å²) in [6.07, 6.45) is 1.80. The first kappa shape index (κ1) is 12.0. The van der Waals surface area contributed by atoms with Gasteiger partial charge in [-0.1, -0.05) is 39.7 Å². The Hall–Kier alpha value is -0.510. The lowest BCUT2D eigenvalue weighted by Gasteiger charge is -2.04. The zero-order chi connectivity index (χ0) is 11.4. The fourth-order valence-electron chi connectivity index (χ4n) is 1.22. The Bertz CT molecular complexity index is 476. The predicted octanol–water partition coefficient (Wildman–Crippen LogP) is 4.79. The van der Waals surface area contributed by atoms with E-state index in [4.69, 9.17) is 11.6 Å². The fraction of sp³-hybridized carbons (Fsp3) is 0.0833. The monoisotopic (exact) mass is 313 g/mol. The summed E-state index contributed by atoms with van der Waals surface area (Å²) < 4.78 is 1.00. The second-order valence-electron chi connectivity index (χ2n) is 3.19. The number of hydrogen-bond acceptors (Lipinski definition) is 2. The molecular formula is C12H9BrClNS. The Balaban J connectivity index is 2.05. The summed E-state index contributed by atoms with van der Waals surface area (Å²) in [6, 6.07) is 11.8. The van der Waals surface area contributed by atoms with E-state index >= 15 is 0 Å². The number of thioether (sulfide) groups is 1. The molecule has 0 atom stereocenters. The van der Waals surface area contributed by atoms with Gasteiger partial charge in [-0.3, -0.25) is 0 Å². The van der Waals surface area contributed by atoms with Gasteiger partial charge in [0, 0.05) is 21.4 Å². The smallest absolute Gasteiger partial charge is 0.0963 e. The van der Waals surface area contributed by atoms with Crippen LogP contribution in [0.25, 0.3) is 0 Å². The van der Waals surface area contributed by atoms with Gasteiger partial charge < -0.3 is 0 Å². The van der Waals surface area contributed by atoms with Crippen LogP contribution < -0.4 is 0 Å². The van der Waals surface area contributed by atoms with E-state index in [0.29, 0.717) is 0 Å². The average Bonchev–Trinajstić information content (AvgIpc) is 2.29. The Morgan fingerprint density at radius 1 is 1.25 bits per heavy atom. The summed E-state index contributed by atoms with van der Waals surface area (Å²) in [5.74, 6) is 0.836. The van der Waals surface area contributed by atoms with Crippen molar-refractivity contribution in [2.24, 2.45) is 0 Å². The first-order valence-electron chi connectivity index (χ1n) is 4.73. The molecule has 16 heavy (non-hydrogen) atoms. The third kappa shape index (κ3) is 3.24. The van der Waals surface area contributed by atoms with Crippen molar-refractivity contribution in [2.75, 3.05) is 0 Å². The summed E-state index contributed by atoms with van der Waals surface area (Å²) >= 11 is 11.2. The highest BCUT2D eigenvalue weighted by Gasteiger charge is 2.02. The van der Waals surface area contributed by atoms with Crippen molar-refractivity contribution in [3.05, 3.63) is 57.7 Å². The van der Waals surface area contributed by atoms with E-state index in [1.807, 2.05) is 36.4 Å². The Labute approximate surface area is 112 Å². The SMILES string of the molecule is Clc1cc(Br)ccc1CSc1ccccn1. The number of benzene rings is 1. The van der Waals surface area contributed by atoms with Crippen LogP contribution in [0.15, 0.2) is 52.1 Å². The summed E-state index contributed by atoms with van der Waals surface area (Å²) in [5, 5.41) is 1.80. The highest BCUT2D eigenvalue weighted by molar-refractivity contribution is 9.10. The van der Waals surface area contributed by atoms with Gasteiger partial charge in [0.05, 0.1) is 5.03 Å². The number of pyridine rings is 1. The van der Waals surface area contributed by atoms with Gasteiger partial charge in [0.15, 0.2) is 0 Å². The van der Waals surface area contributed by atoms with Crippen molar-refractivity contribution in [3.8, 4) is 0 Å². The zero-order valence-corrected chi connectivity index (χ0v) is 11.5. The first-order chi connectivity index (χ1) is 7.75. The molecule has 0 aliphatic carbocycles. The Morgan fingerprint density at radius 2 is 2.12 bits per heavy atom.